The summed E-state index contributed by atoms with van der Waals surface area (Å²) >= 11 is 0. The molecule has 2 aromatic rings. The molecule has 1 heterocycles. The van der Waals surface area contributed by atoms with E-state index in [0.717, 1.165) is 19.3 Å². The number of nitrogens with one attached hydrogen (secondary N) is 1. The lowest BCUT2D eigenvalue weighted by Gasteiger charge is -2.26. The zero-order valence-electron chi connectivity index (χ0n) is 14.5. The molecule has 0 atom stereocenters. The first kappa shape index (κ1) is 18.5. The Bertz CT molecular complexity index is 922. The summed E-state index contributed by atoms with van der Waals surface area (Å²) in [6.07, 6.45) is 2.64. The molecule has 0 radical (unpaired) electrons. The lowest BCUT2D eigenvalue weighted by Crippen LogP contribution is -2.36. The van der Waals surface area contributed by atoms with Crippen molar-refractivity contribution in [3.05, 3.63) is 59.4 Å². The maximum absolute atomic E-state index is 13.5. The monoisotopic (exact) mass is 376 g/mol. The zero-order chi connectivity index (χ0) is 18.7. The van der Waals surface area contributed by atoms with Crippen LogP contribution in [0.2, 0.25) is 0 Å². The molecule has 0 bridgehead atoms. The Kier molecular flexibility index (Phi) is 5.38. The first-order chi connectivity index (χ1) is 12.4. The molecule has 0 aromatic heterocycles. The Morgan fingerprint density at radius 1 is 1.08 bits per heavy atom. The molecule has 1 aliphatic heterocycles. The maximum atomic E-state index is 13.5. The van der Waals surface area contributed by atoms with E-state index < -0.39 is 21.7 Å². The van der Waals surface area contributed by atoms with E-state index in [1.807, 2.05) is 0 Å². The topological polar surface area (TPSA) is 66.5 Å². The van der Waals surface area contributed by atoms with Crippen molar-refractivity contribution in [2.75, 3.05) is 18.4 Å². The first-order valence-corrected chi connectivity index (χ1v) is 10.0. The molecule has 1 saturated heterocycles. The SMILES string of the molecule is Cc1ccc(F)cc1NC(=O)c1ccccc1S(=O)(=O)N1CCCCC1. The van der Waals surface area contributed by atoms with E-state index >= 15 is 0 Å². The molecule has 7 heteroatoms. The van der Waals surface area contributed by atoms with Crippen LogP contribution in [0.1, 0.15) is 35.2 Å². The minimum Gasteiger partial charge on any atom is -0.322 e. The van der Waals surface area contributed by atoms with E-state index in [2.05, 4.69) is 5.32 Å². The molecule has 0 aliphatic carbocycles. The third-order valence-corrected chi connectivity index (χ3v) is 6.47. The van der Waals surface area contributed by atoms with Gasteiger partial charge >= 0.3 is 0 Å². The number of benzene rings is 2. The number of halogens is 1. The zero-order valence-corrected chi connectivity index (χ0v) is 15.4. The Morgan fingerprint density at radius 2 is 1.77 bits per heavy atom. The molecule has 1 fully saturated rings. The Hall–Kier alpha value is -2.25. The molecule has 138 valence electrons. The molecule has 1 aliphatic rings. The number of amides is 1. The van der Waals surface area contributed by atoms with Gasteiger partial charge in [0.15, 0.2) is 0 Å². The Balaban J connectivity index is 1.94. The van der Waals surface area contributed by atoms with Crippen LogP contribution in [0.15, 0.2) is 47.4 Å². The van der Waals surface area contributed by atoms with Crippen molar-refractivity contribution < 1.29 is 17.6 Å². The number of hydrogen-bond acceptors (Lipinski definition) is 3. The number of rotatable bonds is 4. The molecule has 0 unspecified atom stereocenters. The van der Waals surface area contributed by atoms with Crippen molar-refractivity contribution >= 4 is 21.6 Å². The van der Waals surface area contributed by atoms with E-state index in [9.17, 15) is 17.6 Å². The second kappa shape index (κ2) is 7.55. The summed E-state index contributed by atoms with van der Waals surface area (Å²) in [4.78, 5) is 12.7. The van der Waals surface area contributed by atoms with Gasteiger partial charge in [-0.2, -0.15) is 4.31 Å². The van der Waals surface area contributed by atoms with E-state index in [-0.39, 0.29) is 10.5 Å². The van der Waals surface area contributed by atoms with Gasteiger partial charge in [0, 0.05) is 18.8 Å². The molecule has 5 nitrogen and oxygen atoms in total. The Labute approximate surface area is 152 Å². The van der Waals surface area contributed by atoms with Crippen LogP contribution in [-0.4, -0.2) is 31.7 Å². The number of anilines is 1. The summed E-state index contributed by atoms with van der Waals surface area (Å²) < 4.78 is 40.8. The van der Waals surface area contributed by atoms with Crippen LogP contribution in [0.5, 0.6) is 0 Å². The smallest absolute Gasteiger partial charge is 0.257 e. The van der Waals surface area contributed by atoms with E-state index in [1.54, 1.807) is 25.1 Å². The van der Waals surface area contributed by atoms with Gasteiger partial charge in [-0.15, -0.1) is 0 Å². The summed E-state index contributed by atoms with van der Waals surface area (Å²) in [5.74, 6) is -1.05. The summed E-state index contributed by atoms with van der Waals surface area (Å²) in [6.45, 7) is 2.66. The van der Waals surface area contributed by atoms with Crippen molar-refractivity contribution in [1.29, 1.82) is 0 Å². The fourth-order valence-electron chi connectivity index (χ4n) is 3.04. The summed E-state index contributed by atoms with van der Waals surface area (Å²) in [6, 6.07) is 10.2. The number of sulfonamides is 1. The molecule has 3 rings (SSSR count). The number of carbonyl (C=O) groups excluding carboxylic acids is 1. The third-order valence-electron chi connectivity index (χ3n) is 4.51. The van der Waals surface area contributed by atoms with E-state index in [0.29, 0.717) is 24.3 Å². The van der Waals surface area contributed by atoms with Crippen LogP contribution in [0.3, 0.4) is 0 Å². The van der Waals surface area contributed by atoms with Gasteiger partial charge in [-0.3, -0.25) is 4.79 Å². The normalized spacial score (nSPS) is 15.6. The fraction of sp³-hybridized carbons (Fsp3) is 0.316. The van der Waals surface area contributed by atoms with Gasteiger partial charge in [0.05, 0.1) is 10.5 Å². The molecule has 26 heavy (non-hydrogen) atoms. The third kappa shape index (κ3) is 3.78. The standard InChI is InChI=1S/C19H21FN2O3S/c1-14-9-10-15(20)13-17(14)21-19(23)16-7-3-4-8-18(16)26(24,25)22-11-5-2-6-12-22/h3-4,7-10,13H,2,5-6,11-12H2,1H3,(H,21,23). The summed E-state index contributed by atoms with van der Waals surface area (Å²) in [5.41, 5.74) is 1.07. The quantitative estimate of drug-likeness (QED) is 0.887. The number of hydrogen-bond donors (Lipinski definition) is 1. The van der Waals surface area contributed by atoms with Gasteiger partial charge in [0.2, 0.25) is 10.0 Å². The van der Waals surface area contributed by atoms with Crippen molar-refractivity contribution in [2.24, 2.45) is 0 Å². The average Bonchev–Trinajstić information content (AvgIpc) is 2.65. The van der Waals surface area contributed by atoms with Crippen LogP contribution in [0, 0.1) is 12.7 Å². The number of carbonyl (C=O) groups is 1. The van der Waals surface area contributed by atoms with Gasteiger partial charge in [-0.25, -0.2) is 12.8 Å². The summed E-state index contributed by atoms with van der Waals surface area (Å²) in [5, 5.41) is 2.62. The van der Waals surface area contributed by atoms with Gasteiger partial charge in [-0.05, 0) is 49.6 Å². The highest BCUT2D eigenvalue weighted by atomic mass is 32.2. The predicted molar refractivity (Wildman–Crippen MR) is 98.1 cm³/mol. The average molecular weight is 376 g/mol. The van der Waals surface area contributed by atoms with E-state index in [1.165, 1.54) is 28.6 Å². The van der Waals surface area contributed by atoms with Gasteiger partial charge in [0.25, 0.3) is 5.91 Å². The van der Waals surface area contributed by atoms with Gasteiger partial charge in [0.1, 0.15) is 5.82 Å². The molecule has 2 aromatic carbocycles. The second-order valence-corrected chi connectivity index (χ2v) is 8.28. The predicted octanol–water partition coefficient (Wildman–Crippen LogP) is 3.56. The van der Waals surface area contributed by atoms with E-state index in [4.69, 9.17) is 0 Å². The van der Waals surface area contributed by atoms with Gasteiger partial charge < -0.3 is 5.32 Å². The fourth-order valence-corrected chi connectivity index (χ4v) is 4.75. The highest BCUT2D eigenvalue weighted by Gasteiger charge is 2.29. The number of piperidine rings is 1. The summed E-state index contributed by atoms with van der Waals surface area (Å²) in [7, 11) is -3.75. The second-order valence-electron chi connectivity index (χ2n) is 6.37. The molecule has 1 amide bonds. The number of aryl methyl sites for hydroxylation is 1. The van der Waals surface area contributed by atoms with Crippen molar-refractivity contribution in [3.8, 4) is 0 Å². The molecule has 0 saturated carbocycles. The van der Waals surface area contributed by atoms with Crippen molar-refractivity contribution in [2.45, 2.75) is 31.1 Å². The highest BCUT2D eigenvalue weighted by molar-refractivity contribution is 7.89. The van der Waals surface area contributed by atoms with Crippen molar-refractivity contribution in [3.63, 3.8) is 0 Å². The Morgan fingerprint density at radius 3 is 2.50 bits per heavy atom. The molecule has 0 spiro atoms. The van der Waals surface area contributed by atoms with Crippen LogP contribution in [0.4, 0.5) is 10.1 Å². The van der Waals surface area contributed by atoms with Crippen LogP contribution in [0.25, 0.3) is 0 Å². The maximum Gasteiger partial charge on any atom is 0.257 e. The largest absolute Gasteiger partial charge is 0.322 e. The van der Waals surface area contributed by atoms with Crippen LogP contribution in [-0.2, 0) is 10.0 Å². The van der Waals surface area contributed by atoms with Crippen molar-refractivity contribution in [1.82, 2.24) is 4.31 Å². The molecular weight excluding hydrogens is 355 g/mol. The number of nitrogens with zero attached hydrogens (tertiary/aromatic N) is 1. The molecule has 1 N–H and O–H groups in total. The molecular formula is C19H21FN2O3S. The van der Waals surface area contributed by atoms with Crippen LogP contribution >= 0.6 is 0 Å². The minimum absolute atomic E-state index is 0.0199. The lowest BCUT2D eigenvalue weighted by atomic mass is 10.1. The minimum atomic E-state index is -3.75. The first-order valence-electron chi connectivity index (χ1n) is 8.56. The highest BCUT2D eigenvalue weighted by Crippen LogP contribution is 2.25. The lowest BCUT2D eigenvalue weighted by molar-refractivity contribution is 0.102. The van der Waals surface area contributed by atoms with Gasteiger partial charge in [-0.1, -0.05) is 24.6 Å². The van der Waals surface area contributed by atoms with Crippen LogP contribution < -0.4 is 5.32 Å².